The Labute approximate surface area is 265 Å². The largest absolute Gasteiger partial charge is 0.437 e. The van der Waals surface area contributed by atoms with E-state index in [0.717, 1.165) is 37.1 Å². The third-order valence-corrected chi connectivity index (χ3v) is 8.17. The molecule has 1 fully saturated rings. The lowest BCUT2D eigenvalue weighted by molar-refractivity contribution is 0.0996. The first kappa shape index (κ1) is 33.9. The van der Waals surface area contributed by atoms with Crippen LogP contribution in [0, 0.1) is 11.6 Å². The van der Waals surface area contributed by atoms with Crippen LogP contribution in [-0.4, -0.2) is 55.1 Å². The van der Waals surface area contributed by atoms with Gasteiger partial charge in [0, 0.05) is 43.5 Å². The van der Waals surface area contributed by atoms with Crippen LogP contribution in [0.3, 0.4) is 0 Å². The number of nitrogens with zero attached hydrogens (tertiary/aromatic N) is 2. The van der Waals surface area contributed by atoms with E-state index in [1.807, 2.05) is 6.07 Å². The van der Waals surface area contributed by atoms with Gasteiger partial charge in [0.15, 0.2) is 0 Å². The lowest BCUT2D eigenvalue weighted by Crippen LogP contribution is -2.50. The number of nitrogens with one attached hydrogen (secondary N) is 3. The summed E-state index contributed by atoms with van der Waals surface area (Å²) in [7, 11) is -3.44. The molecule has 0 radical (unpaired) electrons. The van der Waals surface area contributed by atoms with E-state index in [-0.39, 0.29) is 22.8 Å². The van der Waals surface area contributed by atoms with Gasteiger partial charge in [-0.2, -0.15) is 0 Å². The highest BCUT2D eigenvalue weighted by Gasteiger charge is 2.29. The molecular formula is C30H35ClF2N6O5S. The van der Waals surface area contributed by atoms with Crippen molar-refractivity contribution in [3.8, 4) is 11.6 Å². The van der Waals surface area contributed by atoms with Crippen molar-refractivity contribution in [1.29, 1.82) is 0 Å². The summed E-state index contributed by atoms with van der Waals surface area (Å²) in [6.07, 6.45) is 7.01. The highest BCUT2D eigenvalue weighted by molar-refractivity contribution is 7.92. The number of piperidine rings is 1. The predicted molar refractivity (Wildman–Crippen MR) is 168 cm³/mol. The SMILES string of the molecule is CCCCC1CC(NC(=O)Nc2cc(C(N)=O)c(F)cc2F)CCN1Cc1ccc(Oc2ccc(NS(C)(=O)=O)cc2Cl)nc1. The van der Waals surface area contributed by atoms with E-state index in [0.29, 0.717) is 49.3 Å². The monoisotopic (exact) mass is 664 g/mol. The fraction of sp³-hybridized carbons (Fsp3) is 0.367. The van der Waals surface area contributed by atoms with Gasteiger partial charge in [-0.1, -0.05) is 37.4 Å². The second-order valence-corrected chi connectivity index (χ2v) is 13.0. The lowest BCUT2D eigenvalue weighted by Gasteiger charge is -2.40. The Morgan fingerprint density at radius 1 is 1.16 bits per heavy atom. The summed E-state index contributed by atoms with van der Waals surface area (Å²) in [6, 6.07) is 8.89. The molecule has 2 atom stereocenters. The normalized spacial score (nSPS) is 17.0. The van der Waals surface area contributed by atoms with Crippen LogP contribution in [0.5, 0.6) is 11.6 Å². The van der Waals surface area contributed by atoms with Crippen LogP contribution in [-0.2, 0) is 16.6 Å². The summed E-state index contributed by atoms with van der Waals surface area (Å²) in [5.41, 5.74) is 5.55. The number of unbranched alkanes of at least 4 members (excludes halogenated alkanes) is 1. The van der Waals surface area contributed by atoms with Crippen molar-refractivity contribution in [2.45, 2.75) is 57.7 Å². The van der Waals surface area contributed by atoms with Crippen LogP contribution in [0.2, 0.25) is 5.02 Å². The first-order chi connectivity index (χ1) is 21.3. The maximum absolute atomic E-state index is 14.2. The van der Waals surface area contributed by atoms with Crippen molar-refractivity contribution in [2.24, 2.45) is 5.73 Å². The Morgan fingerprint density at radius 3 is 2.58 bits per heavy atom. The van der Waals surface area contributed by atoms with Crippen molar-refractivity contribution in [1.82, 2.24) is 15.2 Å². The quantitative estimate of drug-likeness (QED) is 0.196. The van der Waals surface area contributed by atoms with Crippen molar-refractivity contribution < 1.29 is 31.5 Å². The molecule has 242 valence electrons. The zero-order chi connectivity index (χ0) is 32.7. The smallest absolute Gasteiger partial charge is 0.319 e. The van der Waals surface area contributed by atoms with Crippen LogP contribution in [0.15, 0.2) is 48.7 Å². The number of anilines is 2. The first-order valence-electron chi connectivity index (χ1n) is 14.3. The second kappa shape index (κ2) is 14.8. The van der Waals surface area contributed by atoms with Gasteiger partial charge in [-0.05, 0) is 49.1 Å². The molecule has 1 aromatic heterocycles. The third kappa shape index (κ3) is 9.74. The van der Waals surface area contributed by atoms with Crippen LogP contribution >= 0.6 is 11.6 Å². The molecule has 4 rings (SSSR count). The average Bonchev–Trinajstić information content (AvgIpc) is 2.96. The molecule has 2 aromatic carbocycles. The number of aromatic nitrogens is 1. The van der Waals surface area contributed by atoms with E-state index in [9.17, 15) is 26.8 Å². The minimum absolute atomic E-state index is 0.168. The molecular weight excluding hydrogens is 630 g/mol. The van der Waals surface area contributed by atoms with Crippen LogP contribution in [0.25, 0.3) is 0 Å². The zero-order valence-corrected chi connectivity index (χ0v) is 26.4. The van der Waals surface area contributed by atoms with E-state index in [4.69, 9.17) is 22.1 Å². The van der Waals surface area contributed by atoms with Crippen molar-refractivity contribution in [2.75, 3.05) is 22.8 Å². The van der Waals surface area contributed by atoms with Crippen LogP contribution < -0.4 is 25.8 Å². The molecule has 0 aliphatic carbocycles. The molecule has 45 heavy (non-hydrogen) atoms. The second-order valence-electron chi connectivity index (χ2n) is 10.9. The summed E-state index contributed by atoms with van der Waals surface area (Å²) in [5.74, 6) is -2.54. The number of hydrogen-bond acceptors (Lipinski definition) is 7. The van der Waals surface area contributed by atoms with Crippen LogP contribution in [0.4, 0.5) is 25.0 Å². The number of hydrogen-bond donors (Lipinski definition) is 4. The Kier molecular flexibility index (Phi) is 11.2. The minimum Gasteiger partial charge on any atom is -0.437 e. The first-order valence-corrected chi connectivity index (χ1v) is 16.6. The van der Waals surface area contributed by atoms with E-state index >= 15 is 0 Å². The molecule has 1 saturated heterocycles. The van der Waals surface area contributed by atoms with Gasteiger partial charge in [0.25, 0.3) is 5.91 Å². The number of halogens is 3. The molecule has 1 aliphatic heterocycles. The fourth-order valence-corrected chi connectivity index (χ4v) is 5.90. The Bertz CT molecular complexity index is 1640. The molecule has 2 heterocycles. The van der Waals surface area contributed by atoms with Gasteiger partial charge in [0.2, 0.25) is 15.9 Å². The Balaban J connectivity index is 1.35. The molecule has 0 bridgehead atoms. The molecule has 2 unspecified atom stereocenters. The maximum Gasteiger partial charge on any atom is 0.319 e. The number of likely N-dealkylation sites (tertiary alicyclic amines) is 1. The van der Waals surface area contributed by atoms with E-state index < -0.39 is 39.2 Å². The molecule has 11 nitrogen and oxygen atoms in total. The van der Waals surface area contributed by atoms with Crippen molar-refractivity contribution in [3.63, 3.8) is 0 Å². The van der Waals surface area contributed by atoms with Gasteiger partial charge in [-0.15, -0.1) is 0 Å². The van der Waals surface area contributed by atoms with Crippen molar-refractivity contribution >= 4 is 44.9 Å². The van der Waals surface area contributed by atoms with Crippen molar-refractivity contribution in [3.05, 3.63) is 76.4 Å². The minimum atomic E-state index is -3.44. The number of primary amides is 1. The summed E-state index contributed by atoms with van der Waals surface area (Å²) in [5, 5.41) is 5.45. The Hall–Kier alpha value is -4.01. The highest BCUT2D eigenvalue weighted by Crippen LogP contribution is 2.32. The number of sulfonamides is 1. The number of nitrogens with two attached hydrogens (primary N) is 1. The number of rotatable bonds is 12. The van der Waals surface area contributed by atoms with E-state index in [2.05, 4.69) is 32.2 Å². The summed E-state index contributed by atoms with van der Waals surface area (Å²) >= 11 is 6.27. The molecule has 0 spiro atoms. The molecule has 15 heteroatoms. The molecule has 3 aromatic rings. The predicted octanol–water partition coefficient (Wildman–Crippen LogP) is 5.62. The summed E-state index contributed by atoms with van der Waals surface area (Å²) in [6.45, 7) is 3.43. The standard InChI is InChI=1S/C30H35ClF2N6O5S/c1-3-4-5-21-12-19(36-30(41)37-26-14-22(29(34)40)24(32)15-25(26)33)10-11-39(21)17-18-6-9-28(35-16-18)44-27-8-7-20(13-23(27)31)38-45(2,42)43/h6-9,13-16,19,21,38H,3-5,10-12,17H2,1-2H3,(H2,34,40)(H2,36,37,41). The molecule has 5 N–H and O–H groups in total. The number of ether oxygens (including phenoxy) is 1. The van der Waals surface area contributed by atoms with Gasteiger partial charge in [0.1, 0.15) is 17.4 Å². The maximum atomic E-state index is 14.2. The summed E-state index contributed by atoms with van der Waals surface area (Å²) in [4.78, 5) is 30.8. The lowest BCUT2D eigenvalue weighted by atomic mass is 9.93. The van der Waals surface area contributed by atoms with Crippen LogP contribution in [0.1, 0.15) is 54.9 Å². The zero-order valence-electron chi connectivity index (χ0n) is 24.8. The van der Waals surface area contributed by atoms with Gasteiger partial charge in [-0.25, -0.2) is 27.0 Å². The van der Waals surface area contributed by atoms with Gasteiger partial charge in [-0.3, -0.25) is 14.4 Å². The average molecular weight is 665 g/mol. The topological polar surface area (TPSA) is 156 Å². The van der Waals surface area contributed by atoms with Gasteiger partial charge in [0.05, 0.1) is 28.2 Å². The molecule has 1 aliphatic rings. The van der Waals surface area contributed by atoms with Gasteiger partial charge < -0.3 is 21.1 Å². The third-order valence-electron chi connectivity index (χ3n) is 7.27. The molecule has 0 saturated carbocycles. The van der Waals surface area contributed by atoms with Gasteiger partial charge >= 0.3 is 6.03 Å². The number of carbonyl (C=O) groups excluding carboxylic acids is 2. The number of carbonyl (C=O) groups is 2. The highest BCUT2D eigenvalue weighted by atomic mass is 35.5. The molecule has 3 amide bonds. The Morgan fingerprint density at radius 2 is 1.93 bits per heavy atom. The van der Waals surface area contributed by atoms with E-state index in [1.165, 1.54) is 12.1 Å². The number of urea groups is 1. The number of amides is 3. The number of benzene rings is 2. The number of pyridine rings is 1. The summed E-state index contributed by atoms with van der Waals surface area (Å²) < 4.78 is 59.1. The van der Waals surface area contributed by atoms with E-state index in [1.54, 1.807) is 18.3 Å². The fourth-order valence-electron chi connectivity index (χ4n) is 5.13.